The van der Waals surface area contributed by atoms with Crippen molar-refractivity contribution in [2.75, 3.05) is 14.2 Å². The highest BCUT2D eigenvalue weighted by Gasteiger charge is 2.21. The van der Waals surface area contributed by atoms with Crippen LogP contribution in [0.3, 0.4) is 0 Å². The molecule has 0 fully saturated rings. The van der Waals surface area contributed by atoms with Crippen molar-refractivity contribution in [3.63, 3.8) is 0 Å². The number of methoxy groups -OCH3 is 2. The van der Waals surface area contributed by atoms with Gasteiger partial charge in [-0.2, -0.15) is 0 Å². The number of hydrogen-bond donors (Lipinski definition) is 2. The van der Waals surface area contributed by atoms with Gasteiger partial charge in [-0.15, -0.1) is 0 Å². The fourth-order valence-corrected chi connectivity index (χ4v) is 1.59. The van der Waals surface area contributed by atoms with Crippen LogP contribution in [0.15, 0.2) is 12.1 Å². The van der Waals surface area contributed by atoms with Crippen LogP contribution in [0.5, 0.6) is 11.5 Å². The maximum absolute atomic E-state index is 13.8. The van der Waals surface area contributed by atoms with E-state index in [4.69, 9.17) is 15.2 Å². The molecule has 4 nitrogen and oxygen atoms in total. The van der Waals surface area contributed by atoms with Crippen molar-refractivity contribution in [2.45, 2.75) is 25.5 Å². The van der Waals surface area contributed by atoms with E-state index in [0.29, 0.717) is 17.9 Å². The summed E-state index contributed by atoms with van der Waals surface area (Å²) in [5.41, 5.74) is 6.00. The van der Waals surface area contributed by atoms with Crippen molar-refractivity contribution < 1.29 is 19.0 Å². The molecule has 96 valence electrons. The molecule has 3 N–H and O–H groups in total. The van der Waals surface area contributed by atoms with E-state index in [2.05, 4.69) is 0 Å². The molecule has 1 rings (SSSR count). The smallest absolute Gasteiger partial charge is 0.163 e. The summed E-state index contributed by atoms with van der Waals surface area (Å²) in [6, 6.07) is 1.88. The van der Waals surface area contributed by atoms with Crippen molar-refractivity contribution in [3.05, 3.63) is 23.5 Å². The first-order valence-electron chi connectivity index (χ1n) is 5.40. The van der Waals surface area contributed by atoms with Crippen LogP contribution in [0.25, 0.3) is 0 Å². The van der Waals surface area contributed by atoms with Gasteiger partial charge in [0.25, 0.3) is 0 Å². The molecular weight excluding hydrogens is 225 g/mol. The van der Waals surface area contributed by atoms with E-state index in [-0.39, 0.29) is 5.56 Å². The Hall–Kier alpha value is -1.33. The van der Waals surface area contributed by atoms with Crippen LogP contribution in [0.2, 0.25) is 0 Å². The molecule has 0 heterocycles. The maximum atomic E-state index is 13.8. The first-order valence-corrected chi connectivity index (χ1v) is 5.40. The number of rotatable bonds is 5. The summed E-state index contributed by atoms with van der Waals surface area (Å²) >= 11 is 0. The largest absolute Gasteiger partial charge is 0.493 e. The predicted molar refractivity (Wildman–Crippen MR) is 62.7 cm³/mol. The zero-order chi connectivity index (χ0) is 13.0. The van der Waals surface area contributed by atoms with E-state index in [1.807, 2.05) is 0 Å². The molecule has 5 heteroatoms. The van der Waals surface area contributed by atoms with Gasteiger partial charge in [-0.05, 0) is 12.5 Å². The van der Waals surface area contributed by atoms with Crippen LogP contribution >= 0.6 is 0 Å². The molecule has 0 amide bonds. The Morgan fingerprint density at radius 2 is 1.82 bits per heavy atom. The lowest BCUT2D eigenvalue weighted by Gasteiger charge is -2.19. The van der Waals surface area contributed by atoms with Gasteiger partial charge < -0.3 is 20.3 Å². The second kappa shape index (κ2) is 5.84. The average molecular weight is 243 g/mol. The minimum Gasteiger partial charge on any atom is -0.493 e. The molecule has 17 heavy (non-hydrogen) atoms. The van der Waals surface area contributed by atoms with Crippen molar-refractivity contribution in [3.8, 4) is 11.5 Å². The first kappa shape index (κ1) is 13.7. The summed E-state index contributed by atoms with van der Waals surface area (Å²) in [6.07, 6.45) is -0.336. The van der Waals surface area contributed by atoms with Gasteiger partial charge in [-0.1, -0.05) is 6.92 Å². The Morgan fingerprint density at radius 3 is 2.29 bits per heavy atom. The number of halogens is 1. The molecular formula is C12H18FNO3. The van der Waals surface area contributed by atoms with Crippen LogP contribution in [-0.4, -0.2) is 25.4 Å². The minimum absolute atomic E-state index is 0.219. The number of ether oxygens (including phenoxy) is 2. The minimum atomic E-state index is -0.789. The second-order valence-corrected chi connectivity index (χ2v) is 3.73. The summed E-state index contributed by atoms with van der Waals surface area (Å²) < 4.78 is 23.8. The summed E-state index contributed by atoms with van der Waals surface area (Å²) in [5, 5.41) is 9.63. The van der Waals surface area contributed by atoms with Crippen molar-refractivity contribution in [1.82, 2.24) is 0 Å². The number of benzene rings is 1. The van der Waals surface area contributed by atoms with E-state index in [1.165, 1.54) is 26.4 Å². The molecule has 0 spiro atoms. The Bertz CT molecular complexity index is 384. The van der Waals surface area contributed by atoms with Crippen molar-refractivity contribution in [2.24, 2.45) is 5.73 Å². The molecule has 0 radical (unpaired) electrons. The topological polar surface area (TPSA) is 64.7 Å². The number of aliphatic hydroxyl groups excluding tert-OH is 1. The standard InChI is InChI=1S/C12H18FNO3/c1-4-9(15)12(14)7-5-10(16-2)11(17-3)6-8(7)13/h5-6,9,12,15H,4,14H2,1-3H3/t9-,12+/m0/s1. The second-order valence-electron chi connectivity index (χ2n) is 3.73. The summed E-state index contributed by atoms with van der Waals surface area (Å²) in [4.78, 5) is 0. The average Bonchev–Trinajstić information content (AvgIpc) is 2.36. The van der Waals surface area contributed by atoms with E-state index in [1.54, 1.807) is 6.92 Å². The summed E-state index contributed by atoms with van der Waals surface area (Å²) in [7, 11) is 2.89. The van der Waals surface area contributed by atoms with E-state index in [0.717, 1.165) is 0 Å². The molecule has 0 aliphatic rings. The van der Waals surface area contributed by atoms with Gasteiger partial charge in [0.05, 0.1) is 26.4 Å². The summed E-state index contributed by atoms with van der Waals surface area (Å²) in [5.74, 6) is 0.178. The normalized spacial score (nSPS) is 14.2. The monoisotopic (exact) mass is 243 g/mol. The zero-order valence-electron chi connectivity index (χ0n) is 10.2. The number of aliphatic hydroxyl groups is 1. The van der Waals surface area contributed by atoms with Crippen LogP contribution in [0, 0.1) is 5.82 Å². The first-order chi connectivity index (χ1) is 8.04. The van der Waals surface area contributed by atoms with Gasteiger partial charge in [-0.25, -0.2) is 4.39 Å². The van der Waals surface area contributed by atoms with Crippen LogP contribution < -0.4 is 15.2 Å². The fourth-order valence-electron chi connectivity index (χ4n) is 1.59. The number of nitrogens with two attached hydrogens (primary N) is 1. The molecule has 2 atom stereocenters. The zero-order valence-corrected chi connectivity index (χ0v) is 10.2. The number of hydrogen-bond acceptors (Lipinski definition) is 4. The van der Waals surface area contributed by atoms with Crippen LogP contribution in [0.4, 0.5) is 4.39 Å². The lowest BCUT2D eigenvalue weighted by molar-refractivity contribution is 0.139. The fraction of sp³-hybridized carbons (Fsp3) is 0.500. The van der Waals surface area contributed by atoms with Gasteiger partial charge in [0, 0.05) is 11.6 Å². The third kappa shape index (κ3) is 2.87. The highest BCUT2D eigenvalue weighted by molar-refractivity contribution is 5.44. The van der Waals surface area contributed by atoms with E-state index >= 15 is 0 Å². The summed E-state index contributed by atoms with van der Waals surface area (Å²) in [6.45, 7) is 1.78. The lowest BCUT2D eigenvalue weighted by atomic mass is 9.99. The van der Waals surface area contributed by atoms with Crippen LogP contribution in [0.1, 0.15) is 24.9 Å². The lowest BCUT2D eigenvalue weighted by Crippen LogP contribution is -2.26. The Morgan fingerprint density at radius 1 is 1.29 bits per heavy atom. The third-order valence-corrected chi connectivity index (χ3v) is 2.69. The van der Waals surface area contributed by atoms with Crippen molar-refractivity contribution in [1.29, 1.82) is 0 Å². The Labute approximate surface area is 100 Å². The molecule has 0 aromatic heterocycles. The highest BCUT2D eigenvalue weighted by Crippen LogP contribution is 2.32. The molecule has 0 unspecified atom stereocenters. The van der Waals surface area contributed by atoms with Gasteiger partial charge in [0.15, 0.2) is 11.5 Å². The maximum Gasteiger partial charge on any atom is 0.163 e. The Balaban J connectivity index is 3.16. The molecule has 1 aromatic rings. The van der Waals surface area contributed by atoms with Crippen LogP contribution in [-0.2, 0) is 0 Å². The third-order valence-electron chi connectivity index (χ3n) is 2.69. The van der Waals surface area contributed by atoms with Gasteiger partial charge >= 0.3 is 0 Å². The quantitative estimate of drug-likeness (QED) is 0.824. The molecule has 0 aliphatic heterocycles. The van der Waals surface area contributed by atoms with E-state index < -0.39 is 18.0 Å². The predicted octanol–water partition coefficient (Wildman–Crippen LogP) is 1.61. The molecule has 1 aromatic carbocycles. The Kier molecular flexibility index (Phi) is 4.72. The van der Waals surface area contributed by atoms with Gasteiger partial charge in [0.2, 0.25) is 0 Å². The van der Waals surface area contributed by atoms with Crippen molar-refractivity contribution >= 4 is 0 Å². The van der Waals surface area contributed by atoms with Gasteiger partial charge in [-0.3, -0.25) is 0 Å². The molecule has 0 saturated carbocycles. The molecule has 0 saturated heterocycles. The van der Waals surface area contributed by atoms with E-state index in [9.17, 15) is 9.50 Å². The SMILES string of the molecule is CC[C@H](O)[C@H](N)c1cc(OC)c(OC)cc1F. The molecule has 0 bridgehead atoms. The van der Waals surface area contributed by atoms with Gasteiger partial charge in [0.1, 0.15) is 5.82 Å². The molecule has 0 aliphatic carbocycles. The highest BCUT2D eigenvalue weighted by atomic mass is 19.1.